The number of hydrogen-bond acceptors (Lipinski definition) is 3. The molecule has 2 aromatic carbocycles. The molecule has 1 N–H and O–H groups in total. The Bertz CT molecular complexity index is 948. The summed E-state index contributed by atoms with van der Waals surface area (Å²) in [5.41, 5.74) is -0.558. The molecule has 1 amide bonds. The first-order chi connectivity index (χ1) is 13.6. The van der Waals surface area contributed by atoms with Crippen molar-refractivity contribution in [3.05, 3.63) is 64.2 Å². The van der Waals surface area contributed by atoms with E-state index in [1.54, 1.807) is 6.92 Å². The van der Waals surface area contributed by atoms with Crippen LogP contribution in [0.25, 0.3) is 0 Å². The minimum Gasteiger partial charge on any atom is -0.480 e. The second-order valence-corrected chi connectivity index (χ2v) is 7.04. The molecule has 0 aliphatic carbocycles. The smallest absolute Gasteiger partial charge is 0.416 e. The van der Waals surface area contributed by atoms with Crippen LogP contribution in [0.4, 0.5) is 13.2 Å². The number of benzene rings is 2. The fourth-order valence-corrected chi connectivity index (χ4v) is 3.44. The van der Waals surface area contributed by atoms with Gasteiger partial charge in [0.25, 0.3) is 5.91 Å². The molecular weight excluding hydrogens is 411 g/mol. The molecule has 0 spiro atoms. The molecule has 1 aliphatic rings. The molecule has 3 rings (SSSR count). The minimum absolute atomic E-state index is 0.153. The second-order valence-electron chi connectivity index (χ2n) is 6.60. The van der Waals surface area contributed by atoms with E-state index in [2.05, 4.69) is 0 Å². The van der Waals surface area contributed by atoms with Gasteiger partial charge in [0.1, 0.15) is 5.75 Å². The summed E-state index contributed by atoms with van der Waals surface area (Å²) in [5.74, 6) is -1.76. The van der Waals surface area contributed by atoms with Crippen LogP contribution in [0, 0.1) is 0 Å². The molecule has 2 aromatic rings. The highest BCUT2D eigenvalue weighted by Gasteiger charge is 2.40. The van der Waals surface area contributed by atoms with Crippen molar-refractivity contribution < 1.29 is 32.6 Å². The van der Waals surface area contributed by atoms with Gasteiger partial charge in [0.2, 0.25) is 0 Å². The Labute approximate surface area is 169 Å². The third-order valence-corrected chi connectivity index (χ3v) is 4.85. The highest BCUT2D eigenvalue weighted by atomic mass is 35.5. The Hall–Kier alpha value is -2.74. The summed E-state index contributed by atoms with van der Waals surface area (Å²) in [4.78, 5) is 26.1. The van der Waals surface area contributed by atoms with E-state index in [0.29, 0.717) is 0 Å². The van der Waals surface area contributed by atoms with Crippen LogP contribution >= 0.6 is 11.6 Å². The van der Waals surface area contributed by atoms with Gasteiger partial charge in [-0.05, 0) is 42.3 Å². The predicted octanol–water partition coefficient (Wildman–Crippen LogP) is 4.68. The van der Waals surface area contributed by atoms with Crippen molar-refractivity contribution in [2.75, 3.05) is 0 Å². The number of fused-ring (bicyclic) bond motifs is 1. The number of carboxylic acid groups (broad SMARTS) is 1. The van der Waals surface area contributed by atoms with Gasteiger partial charge >= 0.3 is 12.1 Å². The van der Waals surface area contributed by atoms with Crippen molar-refractivity contribution in [2.45, 2.75) is 38.2 Å². The highest BCUT2D eigenvalue weighted by Crippen LogP contribution is 2.38. The van der Waals surface area contributed by atoms with Gasteiger partial charge in [-0.3, -0.25) is 4.79 Å². The molecule has 0 fully saturated rings. The second kappa shape index (κ2) is 7.94. The van der Waals surface area contributed by atoms with Crippen LogP contribution in [0.2, 0.25) is 5.02 Å². The van der Waals surface area contributed by atoms with Crippen molar-refractivity contribution in [3.63, 3.8) is 0 Å². The first-order valence-corrected chi connectivity index (χ1v) is 9.15. The summed E-state index contributed by atoms with van der Waals surface area (Å²) in [6.45, 7) is 1.37. The van der Waals surface area contributed by atoms with E-state index in [-0.39, 0.29) is 34.9 Å². The summed E-state index contributed by atoms with van der Waals surface area (Å²) in [7, 11) is 0. The normalized spacial score (nSPS) is 19.3. The van der Waals surface area contributed by atoms with Gasteiger partial charge < -0.3 is 14.7 Å². The Morgan fingerprint density at radius 3 is 2.59 bits per heavy atom. The molecule has 2 unspecified atom stereocenters. The maximum absolute atomic E-state index is 13.0. The number of carbonyl (C=O) groups is 2. The first kappa shape index (κ1) is 21.0. The van der Waals surface area contributed by atoms with Gasteiger partial charge in [-0.2, -0.15) is 13.2 Å². The fourth-order valence-electron chi connectivity index (χ4n) is 3.26. The number of amides is 1. The molecule has 9 heteroatoms. The molecule has 0 radical (unpaired) electrons. The average molecular weight is 428 g/mol. The number of ether oxygens (including phenoxy) is 1. The topological polar surface area (TPSA) is 66.8 Å². The van der Waals surface area contributed by atoms with Crippen molar-refractivity contribution >= 4 is 23.5 Å². The standard InChI is InChI=1S/C20H17ClF3NO4/c1-2-15-18(26)25(10-11-4-3-5-12(8-11)20(22,23)24)17(19(27)28)14-9-13(21)6-7-16(14)29-15/h3-9,15,17H,2,10H2,1H3,(H,27,28). The van der Waals surface area contributed by atoms with Crippen molar-refractivity contribution in [2.24, 2.45) is 0 Å². The van der Waals surface area contributed by atoms with E-state index < -0.39 is 35.8 Å². The summed E-state index contributed by atoms with van der Waals surface area (Å²) in [6, 6.07) is 7.37. The monoisotopic (exact) mass is 427 g/mol. The molecule has 5 nitrogen and oxygen atoms in total. The van der Waals surface area contributed by atoms with Gasteiger partial charge in [0.05, 0.1) is 5.56 Å². The number of nitrogens with zero attached hydrogens (tertiary/aromatic N) is 1. The number of aliphatic carboxylic acids is 1. The van der Waals surface area contributed by atoms with Crippen LogP contribution in [-0.4, -0.2) is 28.0 Å². The molecule has 29 heavy (non-hydrogen) atoms. The average Bonchev–Trinajstić information content (AvgIpc) is 2.76. The lowest BCUT2D eigenvalue weighted by atomic mass is 10.0. The van der Waals surface area contributed by atoms with Crippen molar-refractivity contribution in [3.8, 4) is 5.75 Å². The largest absolute Gasteiger partial charge is 0.480 e. The lowest BCUT2D eigenvalue weighted by Gasteiger charge is -2.29. The molecule has 2 atom stereocenters. The molecule has 0 bridgehead atoms. The molecule has 154 valence electrons. The minimum atomic E-state index is -4.56. The van der Waals surface area contributed by atoms with Crippen LogP contribution in [0.3, 0.4) is 0 Å². The number of carbonyl (C=O) groups excluding carboxylic acids is 1. The number of carboxylic acids is 1. The summed E-state index contributed by atoms with van der Waals surface area (Å²) in [5, 5.41) is 10.1. The summed E-state index contributed by atoms with van der Waals surface area (Å²) in [6.07, 6.45) is -5.27. The number of alkyl halides is 3. The fraction of sp³-hybridized carbons (Fsp3) is 0.300. The lowest BCUT2D eigenvalue weighted by molar-refractivity contribution is -0.153. The van der Waals surface area contributed by atoms with E-state index in [0.717, 1.165) is 17.0 Å². The van der Waals surface area contributed by atoms with Crippen LogP contribution in [0.1, 0.15) is 36.1 Å². The Kier molecular flexibility index (Phi) is 5.75. The predicted molar refractivity (Wildman–Crippen MR) is 98.5 cm³/mol. The zero-order valence-corrected chi connectivity index (χ0v) is 16.0. The van der Waals surface area contributed by atoms with E-state index in [9.17, 15) is 27.9 Å². The van der Waals surface area contributed by atoms with Crippen LogP contribution in [-0.2, 0) is 22.3 Å². The van der Waals surface area contributed by atoms with Gasteiger partial charge in [-0.25, -0.2) is 4.79 Å². The maximum Gasteiger partial charge on any atom is 0.416 e. The van der Waals surface area contributed by atoms with Crippen molar-refractivity contribution in [1.82, 2.24) is 4.90 Å². The van der Waals surface area contributed by atoms with Gasteiger partial charge in [0, 0.05) is 17.1 Å². The van der Waals surface area contributed by atoms with Crippen LogP contribution in [0.5, 0.6) is 5.75 Å². The van der Waals surface area contributed by atoms with Crippen molar-refractivity contribution in [1.29, 1.82) is 0 Å². The van der Waals surface area contributed by atoms with Gasteiger partial charge in [-0.1, -0.05) is 30.7 Å². The van der Waals surface area contributed by atoms with Crippen LogP contribution in [0.15, 0.2) is 42.5 Å². The number of halogens is 4. The third kappa shape index (κ3) is 4.32. The SMILES string of the molecule is CCC1Oc2ccc(Cl)cc2C(C(=O)O)N(Cc2cccc(C(F)(F)F)c2)C1=O. The number of rotatable bonds is 4. The quantitative estimate of drug-likeness (QED) is 0.769. The van der Waals surface area contributed by atoms with Gasteiger partial charge in [0.15, 0.2) is 12.1 Å². The van der Waals surface area contributed by atoms with E-state index in [1.165, 1.54) is 30.3 Å². The zero-order valence-electron chi connectivity index (χ0n) is 15.2. The maximum atomic E-state index is 13.0. The van der Waals surface area contributed by atoms with E-state index >= 15 is 0 Å². The third-order valence-electron chi connectivity index (χ3n) is 4.62. The van der Waals surface area contributed by atoms with Crippen LogP contribution < -0.4 is 4.74 Å². The Morgan fingerprint density at radius 2 is 1.97 bits per heavy atom. The Balaban J connectivity index is 2.09. The highest BCUT2D eigenvalue weighted by molar-refractivity contribution is 6.30. The van der Waals surface area contributed by atoms with E-state index in [4.69, 9.17) is 16.3 Å². The molecule has 0 saturated heterocycles. The number of hydrogen-bond donors (Lipinski definition) is 1. The lowest BCUT2D eigenvalue weighted by Crippen LogP contribution is -2.43. The van der Waals surface area contributed by atoms with E-state index in [1.807, 2.05) is 0 Å². The first-order valence-electron chi connectivity index (χ1n) is 8.77. The summed E-state index contributed by atoms with van der Waals surface area (Å²) >= 11 is 6.01. The molecule has 0 aromatic heterocycles. The molecule has 1 heterocycles. The molecular formula is C20H17ClF3NO4. The van der Waals surface area contributed by atoms with Gasteiger partial charge in [-0.15, -0.1) is 0 Å². The zero-order chi connectivity index (χ0) is 21.3. The summed E-state index contributed by atoms with van der Waals surface area (Å²) < 4.78 is 44.8. The Morgan fingerprint density at radius 1 is 1.24 bits per heavy atom. The molecule has 0 saturated carbocycles. The molecule has 1 aliphatic heterocycles.